The second-order valence-corrected chi connectivity index (χ2v) is 8.64. The van der Waals surface area contributed by atoms with Gasteiger partial charge in [0.15, 0.2) is 5.69 Å². The third-order valence-corrected chi connectivity index (χ3v) is 6.26. The van der Waals surface area contributed by atoms with Gasteiger partial charge in [0.2, 0.25) is 0 Å². The fraction of sp³-hybridized carbons (Fsp3) is 0.259. The van der Waals surface area contributed by atoms with Crippen LogP contribution in [0.25, 0.3) is 16.9 Å². The number of hydrogen-bond acceptors (Lipinski definition) is 3. The average Bonchev–Trinajstić information content (AvgIpc) is 3.48. The number of amides is 1. The molecule has 0 saturated carbocycles. The summed E-state index contributed by atoms with van der Waals surface area (Å²) in [5.41, 5.74) is 3.00. The number of anilines is 1. The largest absolute Gasteiger partial charge is 0.469 e. The smallest absolute Gasteiger partial charge is 0.435 e. The van der Waals surface area contributed by atoms with Gasteiger partial charge in [0.05, 0.1) is 17.6 Å². The van der Waals surface area contributed by atoms with Gasteiger partial charge in [0.1, 0.15) is 5.76 Å². The molecular weight excluding hydrogens is 455 g/mol. The zero-order valence-electron chi connectivity index (χ0n) is 19.2. The van der Waals surface area contributed by atoms with Gasteiger partial charge >= 0.3 is 6.18 Å². The zero-order chi connectivity index (χ0) is 24.6. The van der Waals surface area contributed by atoms with E-state index in [1.807, 2.05) is 24.3 Å². The molecule has 2 aromatic carbocycles. The number of hydrogen-bond donors (Lipinski definition) is 1. The molecule has 0 saturated heterocycles. The maximum atomic E-state index is 13.7. The SMILES string of the molecule is CCCCc1ccc(NC(=O)c2ccc(-n3nc(C(F)(F)F)c4c3-c3ccoc3CC4)cc2)cc1. The van der Waals surface area contributed by atoms with Crippen LogP contribution in [-0.2, 0) is 25.4 Å². The monoisotopic (exact) mass is 479 g/mol. The van der Waals surface area contributed by atoms with E-state index in [1.54, 1.807) is 30.3 Å². The summed E-state index contributed by atoms with van der Waals surface area (Å²) in [5.74, 6) is 0.345. The number of carbonyl (C=O) groups excluding carboxylic acids is 1. The van der Waals surface area contributed by atoms with E-state index in [0.717, 1.165) is 19.3 Å². The van der Waals surface area contributed by atoms with E-state index in [-0.39, 0.29) is 17.9 Å². The molecule has 0 spiro atoms. The van der Waals surface area contributed by atoms with Crippen molar-refractivity contribution in [1.82, 2.24) is 9.78 Å². The number of carbonyl (C=O) groups is 1. The number of aryl methyl sites for hydroxylation is 2. The van der Waals surface area contributed by atoms with Crippen molar-refractivity contribution >= 4 is 11.6 Å². The van der Waals surface area contributed by atoms with Crippen molar-refractivity contribution < 1.29 is 22.4 Å². The first-order valence-corrected chi connectivity index (χ1v) is 11.6. The Labute approximate surface area is 200 Å². The lowest BCUT2D eigenvalue weighted by atomic mass is 9.94. The molecular formula is C27H24F3N3O2. The average molecular weight is 480 g/mol. The molecule has 2 aromatic heterocycles. The Kier molecular flexibility index (Phi) is 5.96. The highest BCUT2D eigenvalue weighted by Crippen LogP contribution is 2.42. The van der Waals surface area contributed by atoms with E-state index in [1.165, 1.54) is 16.5 Å². The van der Waals surface area contributed by atoms with Gasteiger partial charge in [-0.25, -0.2) is 4.68 Å². The third kappa shape index (κ3) is 4.48. The number of benzene rings is 2. The quantitative estimate of drug-likeness (QED) is 0.329. The molecule has 0 unspecified atom stereocenters. The summed E-state index contributed by atoms with van der Waals surface area (Å²) in [5, 5.41) is 6.79. The van der Waals surface area contributed by atoms with Crippen molar-refractivity contribution in [3.63, 3.8) is 0 Å². The van der Waals surface area contributed by atoms with E-state index in [0.29, 0.717) is 40.4 Å². The summed E-state index contributed by atoms with van der Waals surface area (Å²) in [7, 11) is 0. The fourth-order valence-corrected chi connectivity index (χ4v) is 4.46. The van der Waals surface area contributed by atoms with Crippen LogP contribution < -0.4 is 5.32 Å². The molecule has 8 heteroatoms. The van der Waals surface area contributed by atoms with E-state index in [2.05, 4.69) is 17.3 Å². The number of unbranched alkanes of at least 4 members (excludes halogenated alkanes) is 1. The number of rotatable bonds is 6. The molecule has 1 aliphatic carbocycles. The Morgan fingerprint density at radius 2 is 1.80 bits per heavy atom. The second kappa shape index (κ2) is 9.09. The molecule has 0 atom stereocenters. The number of nitrogens with zero attached hydrogens (tertiary/aromatic N) is 2. The molecule has 180 valence electrons. The molecule has 0 aliphatic heterocycles. The minimum atomic E-state index is -4.57. The molecule has 2 heterocycles. The lowest BCUT2D eigenvalue weighted by Crippen LogP contribution is -2.12. The van der Waals surface area contributed by atoms with Crippen LogP contribution in [0.4, 0.5) is 18.9 Å². The highest BCUT2D eigenvalue weighted by atomic mass is 19.4. The van der Waals surface area contributed by atoms with Crippen molar-refractivity contribution in [2.45, 2.75) is 45.2 Å². The maximum Gasteiger partial charge on any atom is 0.435 e. The van der Waals surface area contributed by atoms with E-state index >= 15 is 0 Å². The van der Waals surface area contributed by atoms with Gasteiger partial charge in [0.25, 0.3) is 5.91 Å². The Morgan fingerprint density at radius 3 is 2.49 bits per heavy atom. The minimum Gasteiger partial charge on any atom is -0.469 e. The van der Waals surface area contributed by atoms with Gasteiger partial charge in [-0.1, -0.05) is 25.5 Å². The first kappa shape index (κ1) is 23.0. The van der Waals surface area contributed by atoms with Crippen LogP contribution in [-0.4, -0.2) is 15.7 Å². The summed E-state index contributed by atoms with van der Waals surface area (Å²) in [6, 6.07) is 15.8. The Balaban J connectivity index is 1.40. The summed E-state index contributed by atoms with van der Waals surface area (Å²) in [4.78, 5) is 12.7. The van der Waals surface area contributed by atoms with Gasteiger partial charge in [-0.15, -0.1) is 0 Å². The van der Waals surface area contributed by atoms with E-state index < -0.39 is 11.9 Å². The number of fused-ring (bicyclic) bond motifs is 3. The van der Waals surface area contributed by atoms with Crippen LogP contribution >= 0.6 is 0 Å². The van der Waals surface area contributed by atoms with Crippen molar-refractivity contribution in [2.75, 3.05) is 5.32 Å². The van der Waals surface area contributed by atoms with Gasteiger partial charge in [-0.2, -0.15) is 18.3 Å². The predicted octanol–water partition coefficient (Wildman–Crippen LogP) is 6.84. The van der Waals surface area contributed by atoms with Crippen LogP contribution in [0.5, 0.6) is 0 Å². The van der Waals surface area contributed by atoms with E-state index in [4.69, 9.17) is 4.42 Å². The number of halogens is 3. The first-order valence-electron chi connectivity index (χ1n) is 11.6. The third-order valence-electron chi connectivity index (χ3n) is 6.26. The van der Waals surface area contributed by atoms with Gasteiger partial charge in [-0.05, 0) is 67.3 Å². The molecule has 5 rings (SSSR count). The number of alkyl halides is 3. The Bertz CT molecular complexity index is 1350. The van der Waals surface area contributed by atoms with Gasteiger partial charge < -0.3 is 9.73 Å². The Morgan fingerprint density at radius 1 is 1.06 bits per heavy atom. The first-order chi connectivity index (χ1) is 16.8. The minimum absolute atomic E-state index is 0.163. The summed E-state index contributed by atoms with van der Waals surface area (Å²) in [6.45, 7) is 2.14. The summed E-state index contributed by atoms with van der Waals surface area (Å²) >= 11 is 0. The van der Waals surface area contributed by atoms with Gasteiger partial charge in [0, 0.05) is 28.8 Å². The molecule has 0 bridgehead atoms. The van der Waals surface area contributed by atoms with Crippen molar-refractivity contribution in [3.05, 3.63) is 89.0 Å². The van der Waals surface area contributed by atoms with Crippen LogP contribution in [0, 0.1) is 0 Å². The van der Waals surface area contributed by atoms with Crippen molar-refractivity contribution in [1.29, 1.82) is 0 Å². The fourth-order valence-electron chi connectivity index (χ4n) is 4.46. The maximum absolute atomic E-state index is 13.7. The predicted molar refractivity (Wildman–Crippen MR) is 127 cm³/mol. The second-order valence-electron chi connectivity index (χ2n) is 8.64. The highest BCUT2D eigenvalue weighted by Gasteiger charge is 2.41. The van der Waals surface area contributed by atoms with Crippen molar-refractivity contribution in [3.8, 4) is 16.9 Å². The number of aromatic nitrogens is 2. The van der Waals surface area contributed by atoms with Gasteiger partial charge in [-0.3, -0.25) is 4.79 Å². The van der Waals surface area contributed by atoms with Crippen LogP contribution in [0.2, 0.25) is 0 Å². The Hall–Kier alpha value is -3.81. The molecule has 5 nitrogen and oxygen atoms in total. The zero-order valence-corrected chi connectivity index (χ0v) is 19.2. The van der Waals surface area contributed by atoms with Crippen LogP contribution in [0.15, 0.2) is 65.3 Å². The number of furan rings is 1. The molecule has 0 fully saturated rings. The standard InChI is InChI=1S/C27H24F3N3O2/c1-2-3-4-17-5-9-19(10-6-17)31-26(34)18-7-11-20(12-8-18)33-24-21-15-16-35-23(21)14-13-22(24)25(32-33)27(28,29)30/h5-12,15-16H,2-4,13-14H2,1H3,(H,31,34). The normalized spacial score (nSPS) is 12.8. The summed E-state index contributed by atoms with van der Waals surface area (Å²) < 4.78 is 47.9. The molecule has 0 radical (unpaired) electrons. The van der Waals surface area contributed by atoms with Crippen LogP contribution in [0.3, 0.4) is 0 Å². The topological polar surface area (TPSA) is 60.1 Å². The molecule has 35 heavy (non-hydrogen) atoms. The van der Waals surface area contributed by atoms with Crippen molar-refractivity contribution in [2.24, 2.45) is 0 Å². The molecule has 1 aliphatic rings. The number of nitrogens with one attached hydrogen (secondary N) is 1. The lowest BCUT2D eigenvalue weighted by molar-refractivity contribution is -0.142. The lowest BCUT2D eigenvalue weighted by Gasteiger charge is -2.15. The van der Waals surface area contributed by atoms with Crippen LogP contribution in [0.1, 0.15) is 52.7 Å². The summed E-state index contributed by atoms with van der Waals surface area (Å²) in [6.07, 6.45) is 0.738. The van der Waals surface area contributed by atoms with E-state index in [9.17, 15) is 18.0 Å². The highest BCUT2D eigenvalue weighted by molar-refractivity contribution is 6.04. The molecule has 1 N–H and O–H groups in total. The molecule has 1 amide bonds. The molecule has 4 aromatic rings.